The Balaban J connectivity index is 0.000000695. The molecule has 8 heteroatoms. The molecule has 0 unspecified atom stereocenters. The Hall–Kier alpha value is -4.85. The first kappa shape index (κ1) is 26.7. The summed E-state index contributed by atoms with van der Waals surface area (Å²) < 4.78 is 11.1. The first-order chi connectivity index (χ1) is 17.9. The number of ether oxygens (including phenoxy) is 2. The number of hydrogen-bond acceptors (Lipinski definition) is 5. The normalized spacial score (nSPS) is 10.0. The van der Waals surface area contributed by atoms with Crippen LogP contribution in [0, 0.1) is 0 Å². The molecule has 0 aliphatic rings. The SMILES string of the molecule is CCC(=O)O.COc1cccc(Oc2ccccc2NC(=O)CNC(=O)c2cccc3ccccc23)c1. The highest BCUT2D eigenvalue weighted by Crippen LogP contribution is 2.30. The Labute approximate surface area is 214 Å². The number of carbonyl (C=O) groups is 3. The largest absolute Gasteiger partial charge is 0.497 e. The number of carboxylic acids is 1. The second kappa shape index (κ2) is 13.3. The van der Waals surface area contributed by atoms with Gasteiger partial charge in [-0.05, 0) is 41.1 Å². The zero-order chi connectivity index (χ0) is 26.6. The fourth-order valence-electron chi connectivity index (χ4n) is 3.32. The van der Waals surface area contributed by atoms with Gasteiger partial charge in [-0.3, -0.25) is 14.4 Å². The molecule has 37 heavy (non-hydrogen) atoms. The number of amides is 2. The lowest BCUT2D eigenvalue weighted by atomic mass is 10.0. The number of carboxylic acid groups (broad SMARTS) is 1. The van der Waals surface area contributed by atoms with E-state index in [9.17, 15) is 14.4 Å². The third kappa shape index (κ3) is 7.83. The minimum absolute atomic E-state index is 0.171. The number of fused-ring (bicyclic) bond motifs is 1. The van der Waals surface area contributed by atoms with Crippen molar-refractivity contribution in [3.63, 3.8) is 0 Å². The first-order valence-electron chi connectivity index (χ1n) is 11.6. The minimum Gasteiger partial charge on any atom is -0.497 e. The van der Waals surface area contributed by atoms with Crippen LogP contribution in [0.1, 0.15) is 23.7 Å². The number of hydrogen-bond donors (Lipinski definition) is 3. The number of anilines is 1. The van der Waals surface area contributed by atoms with E-state index < -0.39 is 5.97 Å². The van der Waals surface area contributed by atoms with E-state index in [1.807, 2.05) is 54.6 Å². The van der Waals surface area contributed by atoms with Gasteiger partial charge in [-0.1, -0.05) is 61.5 Å². The van der Waals surface area contributed by atoms with Crippen LogP contribution in [0.25, 0.3) is 10.8 Å². The molecule has 0 saturated heterocycles. The summed E-state index contributed by atoms with van der Waals surface area (Å²) in [5.74, 6) is 0.313. The van der Waals surface area contributed by atoms with Gasteiger partial charge in [-0.25, -0.2) is 0 Å². The number of rotatable bonds is 8. The van der Waals surface area contributed by atoms with Gasteiger partial charge in [0.1, 0.15) is 11.5 Å². The molecule has 2 amide bonds. The van der Waals surface area contributed by atoms with Crippen molar-refractivity contribution in [1.82, 2.24) is 5.32 Å². The second-order valence-electron chi connectivity index (χ2n) is 7.78. The minimum atomic E-state index is -0.745. The molecule has 8 nitrogen and oxygen atoms in total. The summed E-state index contributed by atoms with van der Waals surface area (Å²) in [6, 6.07) is 27.4. The highest BCUT2D eigenvalue weighted by atomic mass is 16.5. The summed E-state index contributed by atoms with van der Waals surface area (Å²) >= 11 is 0. The van der Waals surface area contributed by atoms with Gasteiger partial charge >= 0.3 is 5.97 Å². The van der Waals surface area contributed by atoms with Crippen LogP contribution < -0.4 is 20.1 Å². The first-order valence-corrected chi connectivity index (χ1v) is 11.6. The zero-order valence-electron chi connectivity index (χ0n) is 20.6. The average Bonchev–Trinajstić information content (AvgIpc) is 2.93. The average molecular weight is 501 g/mol. The molecular formula is C29H28N2O6. The van der Waals surface area contributed by atoms with Gasteiger partial charge in [0.25, 0.3) is 5.91 Å². The smallest absolute Gasteiger partial charge is 0.303 e. The topological polar surface area (TPSA) is 114 Å². The number of benzene rings is 4. The molecule has 0 heterocycles. The van der Waals surface area contributed by atoms with Crippen LogP contribution in [0.2, 0.25) is 0 Å². The van der Waals surface area contributed by atoms with Crippen molar-refractivity contribution >= 4 is 34.2 Å². The highest BCUT2D eigenvalue weighted by molar-refractivity contribution is 6.08. The quantitative estimate of drug-likeness (QED) is 0.295. The fourth-order valence-corrected chi connectivity index (χ4v) is 3.32. The summed E-state index contributed by atoms with van der Waals surface area (Å²) in [5.41, 5.74) is 1.03. The predicted molar refractivity (Wildman–Crippen MR) is 142 cm³/mol. The standard InChI is InChI=1S/C26H22N2O4.C3H6O2/c1-31-19-10-7-11-20(16-19)32-24-15-5-4-14-23(24)28-25(29)17-27-26(30)22-13-6-9-18-8-2-3-12-21(18)22;1-2-3(4)5/h2-16H,17H2,1H3,(H,27,30)(H,28,29);2H2,1H3,(H,4,5). The van der Waals surface area contributed by atoms with Gasteiger partial charge in [0.2, 0.25) is 5.91 Å². The van der Waals surface area contributed by atoms with Crippen LogP contribution in [-0.4, -0.2) is 36.5 Å². The lowest BCUT2D eigenvalue weighted by molar-refractivity contribution is -0.136. The molecule has 4 aromatic carbocycles. The van der Waals surface area contributed by atoms with Gasteiger partial charge in [0.05, 0.1) is 19.3 Å². The third-order valence-corrected chi connectivity index (χ3v) is 5.18. The number of para-hydroxylation sites is 2. The van der Waals surface area contributed by atoms with Crippen LogP contribution in [-0.2, 0) is 9.59 Å². The maximum atomic E-state index is 12.7. The van der Waals surface area contributed by atoms with E-state index in [0.29, 0.717) is 28.5 Å². The molecule has 0 saturated carbocycles. The van der Waals surface area contributed by atoms with E-state index in [2.05, 4.69) is 10.6 Å². The van der Waals surface area contributed by atoms with Crippen LogP contribution in [0.15, 0.2) is 91.0 Å². The molecule has 4 aromatic rings. The summed E-state index contributed by atoms with van der Waals surface area (Å²) in [4.78, 5) is 34.5. The lowest BCUT2D eigenvalue weighted by Crippen LogP contribution is -2.33. The lowest BCUT2D eigenvalue weighted by Gasteiger charge is -2.13. The van der Waals surface area contributed by atoms with Crippen LogP contribution in [0.5, 0.6) is 17.2 Å². The Morgan fingerprint density at radius 2 is 1.49 bits per heavy atom. The summed E-state index contributed by atoms with van der Waals surface area (Å²) in [7, 11) is 1.58. The van der Waals surface area contributed by atoms with Crippen molar-refractivity contribution in [3.8, 4) is 17.2 Å². The molecule has 4 rings (SSSR count). The summed E-state index contributed by atoms with van der Waals surface area (Å²) in [6.07, 6.45) is 0.222. The maximum Gasteiger partial charge on any atom is 0.303 e. The van der Waals surface area contributed by atoms with Crippen molar-refractivity contribution in [2.75, 3.05) is 19.0 Å². The Bertz CT molecular complexity index is 1380. The third-order valence-electron chi connectivity index (χ3n) is 5.18. The van der Waals surface area contributed by atoms with Crippen LogP contribution in [0.4, 0.5) is 5.69 Å². The van der Waals surface area contributed by atoms with Gasteiger partial charge < -0.3 is 25.2 Å². The molecule has 0 spiro atoms. The summed E-state index contributed by atoms with van der Waals surface area (Å²) in [6.45, 7) is 1.43. The number of carbonyl (C=O) groups excluding carboxylic acids is 2. The van der Waals surface area contributed by atoms with Crippen molar-refractivity contribution < 1.29 is 29.0 Å². The van der Waals surface area contributed by atoms with Crippen LogP contribution in [0.3, 0.4) is 0 Å². The number of methoxy groups -OCH3 is 1. The monoisotopic (exact) mass is 500 g/mol. The van der Waals surface area contributed by atoms with Gasteiger partial charge in [-0.2, -0.15) is 0 Å². The predicted octanol–water partition coefficient (Wildman–Crippen LogP) is 5.49. The second-order valence-corrected chi connectivity index (χ2v) is 7.78. The van der Waals surface area contributed by atoms with E-state index >= 15 is 0 Å². The molecule has 0 fully saturated rings. The number of aliphatic carboxylic acids is 1. The molecule has 0 bridgehead atoms. The fraction of sp³-hybridized carbons (Fsp3) is 0.138. The van der Waals surface area contributed by atoms with Crippen molar-refractivity contribution in [2.45, 2.75) is 13.3 Å². The molecule has 0 atom stereocenters. The zero-order valence-corrected chi connectivity index (χ0v) is 20.6. The van der Waals surface area contributed by atoms with Crippen molar-refractivity contribution in [1.29, 1.82) is 0 Å². The van der Waals surface area contributed by atoms with E-state index in [-0.39, 0.29) is 24.8 Å². The van der Waals surface area contributed by atoms with E-state index in [4.69, 9.17) is 14.6 Å². The molecule has 0 radical (unpaired) electrons. The Kier molecular flexibility index (Phi) is 9.61. The Morgan fingerprint density at radius 3 is 2.24 bits per heavy atom. The van der Waals surface area contributed by atoms with Crippen LogP contribution >= 0.6 is 0 Å². The molecule has 0 aliphatic carbocycles. The van der Waals surface area contributed by atoms with E-state index in [0.717, 1.165) is 10.8 Å². The Morgan fingerprint density at radius 1 is 0.838 bits per heavy atom. The number of nitrogens with one attached hydrogen (secondary N) is 2. The molecule has 0 aliphatic heterocycles. The highest BCUT2D eigenvalue weighted by Gasteiger charge is 2.13. The molecule has 190 valence electrons. The van der Waals surface area contributed by atoms with E-state index in [1.54, 1.807) is 50.4 Å². The summed E-state index contributed by atoms with van der Waals surface area (Å²) in [5, 5.41) is 15.0. The van der Waals surface area contributed by atoms with Gasteiger partial charge in [-0.15, -0.1) is 0 Å². The molecular weight excluding hydrogens is 472 g/mol. The van der Waals surface area contributed by atoms with Crippen molar-refractivity contribution in [3.05, 3.63) is 96.6 Å². The maximum absolute atomic E-state index is 12.7. The van der Waals surface area contributed by atoms with Crippen molar-refractivity contribution in [2.24, 2.45) is 0 Å². The molecule has 3 N–H and O–H groups in total. The van der Waals surface area contributed by atoms with Gasteiger partial charge in [0, 0.05) is 18.1 Å². The van der Waals surface area contributed by atoms with E-state index in [1.165, 1.54) is 0 Å². The molecule has 0 aromatic heterocycles. The van der Waals surface area contributed by atoms with Gasteiger partial charge in [0.15, 0.2) is 5.75 Å².